The summed E-state index contributed by atoms with van der Waals surface area (Å²) < 4.78 is 17.7. The molecule has 2 aromatic rings. The molecule has 4 rings (SSSR count). The largest absolute Gasteiger partial charge is 0.458 e. The Kier molecular flexibility index (Phi) is 3.10. The Morgan fingerprint density at radius 1 is 1.32 bits per heavy atom. The molecule has 1 aromatic carbocycles. The number of hydrogen-bond acceptors (Lipinski definition) is 5. The van der Waals surface area contributed by atoms with E-state index >= 15 is 0 Å². The minimum atomic E-state index is -1.19. The van der Waals surface area contributed by atoms with Gasteiger partial charge in [-0.3, -0.25) is 0 Å². The molecule has 1 spiro atoms. The summed E-state index contributed by atoms with van der Waals surface area (Å²) in [6.45, 7) is 11.4. The Hall–Kier alpha value is -2.11. The molecule has 5 heteroatoms. The van der Waals surface area contributed by atoms with Gasteiger partial charge in [-0.25, -0.2) is 4.79 Å². The van der Waals surface area contributed by atoms with Crippen LogP contribution >= 0.6 is 0 Å². The fraction of sp³-hybridized carbons (Fsp3) is 0.450. The molecule has 1 saturated heterocycles. The van der Waals surface area contributed by atoms with Gasteiger partial charge in [0.15, 0.2) is 0 Å². The highest BCUT2D eigenvalue weighted by atomic mass is 16.8. The number of aliphatic hydroxyl groups excluding tert-OH is 1. The van der Waals surface area contributed by atoms with Crippen molar-refractivity contribution in [2.24, 2.45) is 0 Å². The average Bonchev–Trinajstić information content (AvgIpc) is 2.53. The highest BCUT2D eigenvalue weighted by Crippen LogP contribution is 2.55. The van der Waals surface area contributed by atoms with Crippen molar-refractivity contribution >= 4 is 11.0 Å². The lowest BCUT2D eigenvalue weighted by molar-refractivity contribution is -0.413. The van der Waals surface area contributed by atoms with Crippen molar-refractivity contribution in [3.8, 4) is 5.75 Å². The van der Waals surface area contributed by atoms with Gasteiger partial charge in [0, 0.05) is 11.8 Å². The lowest BCUT2D eigenvalue weighted by Crippen LogP contribution is -2.75. The zero-order valence-corrected chi connectivity index (χ0v) is 14.9. The Morgan fingerprint density at radius 3 is 2.64 bits per heavy atom. The van der Waals surface area contributed by atoms with E-state index in [9.17, 15) is 9.90 Å². The summed E-state index contributed by atoms with van der Waals surface area (Å²) in [5.74, 6) is -0.768. The van der Waals surface area contributed by atoms with Crippen LogP contribution in [0, 0.1) is 6.92 Å². The van der Waals surface area contributed by atoms with Crippen LogP contribution in [0.15, 0.2) is 40.1 Å². The van der Waals surface area contributed by atoms with Crippen LogP contribution in [0.25, 0.3) is 11.0 Å². The van der Waals surface area contributed by atoms with Crippen LogP contribution in [-0.4, -0.2) is 22.6 Å². The topological polar surface area (TPSA) is 68.9 Å². The molecule has 0 radical (unpaired) electrons. The van der Waals surface area contributed by atoms with Crippen molar-refractivity contribution in [1.82, 2.24) is 0 Å². The first-order valence-corrected chi connectivity index (χ1v) is 8.41. The van der Waals surface area contributed by atoms with Gasteiger partial charge in [0.25, 0.3) is 0 Å². The van der Waals surface area contributed by atoms with Gasteiger partial charge < -0.3 is 19.0 Å². The molecule has 1 fully saturated rings. The van der Waals surface area contributed by atoms with Gasteiger partial charge in [-0.05, 0) is 32.4 Å². The summed E-state index contributed by atoms with van der Waals surface area (Å²) in [5, 5.41) is 11.5. The molecule has 3 heterocycles. The van der Waals surface area contributed by atoms with Crippen LogP contribution in [-0.2, 0) is 10.2 Å². The first-order chi connectivity index (χ1) is 11.6. The highest BCUT2D eigenvalue weighted by molar-refractivity contribution is 5.88. The molecule has 2 aliphatic heterocycles. The number of aryl methyl sites for hydroxylation is 1. The van der Waals surface area contributed by atoms with Gasteiger partial charge in [-0.15, -0.1) is 6.58 Å². The smallest absolute Gasteiger partial charge is 0.344 e. The molecule has 25 heavy (non-hydrogen) atoms. The molecule has 0 aliphatic carbocycles. The van der Waals surface area contributed by atoms with Gasteiger partial charge in [0.1, 0.15) is 17.4 Å². The van der Waals surface area contributed by atoms with E-state index in [1.54, 1.807) is 12.1 Å². The summed E-state index contributed by atoms with van der Waals surface area (Å²) in [6.07, 6.45) is 1.18. The fourth-order valence-corrected chi connectivity index (χ4v) is 4.20. The molecule has 1 aromatic heterocycles. The second-order valence-corrected chi connectivity index (χ2v) is 7.86. The molecule has 3 atom stereocenters. The molecule has 0 bridgehead atoms. The molecular formula is C20H22O5. The zero-order valence-electron chi connectivity index (χ0n) is 14.9. The molecule has 5 nitrogen and oxygen atoms in total. The standard InChI is InChI=1S/C20H22O5/c1-6-19(5)10-20(17(22)18(3,4)25-20)24-15-13-11(2)8-7-9-12(13)23-16(21)14(15)19/h6-9,17,22H,1,10H2,2-5H3/t17-,19+,20-/m1/s1. The Labute approximate surface area is 145 Å². The van der Waals surface area contributed by atoms with Crippen molar-refractivity contribution in [2.75, 3.05) is 0 Å². The monoisotopic (exact) mass is 342 g/mol. The van der Waals surface area contributed by atoms with Crippen LogP contribution in [0.1, 0.15) is 38.3 Å². The van der Waals surface area contributed by atoms with Crippen LogP contribution in [0.2, 0.25) is 0 Å². The summed E-state index contributed by atoms with van der Waals surface area (Å²) in [5.41, 5.74) is -0.0744. The fourth-order valence-electron chi connectivity index (χ4n) is 4.20. The van der Waals surface area contributed by atoms with Gasteiger partial charge in [-0.1, -0.05) is 25.1 Å². The van der Waals surface area contributed by atoms with Gasteiger partial charge in [0.2, 0.25) is 5.79 Å². The molecule has 2 aliphatic rings. The molecule has 0 unspecified atom stereocenters. The van der Waals surface area contributed by atoms with Crippen molar-refractivity contribution < 1.29 is 19.0 Å². The third-order valence-corrected chi connectivity index (χ3v) is 5.52. The number of rotatable bonds is 1. The predicted molar refractivity (Wildman–Crippen MR) is 93.9 cm³/mol. The van der Waals surface area contributed by atoms with E-state index in [1.807, 2.05) is 39.8 Å². The van der Waals surface area contributed by atoms with Crippen LogP contribution < -0.4 is 10.4 Å². The third kappa shape index (κ3) is 1.99. The Morgan fingerprint density at radius 2 is 2.04 bits per heavy atom. The van der Waals surface area contributed by atoms with E-state index in [2.05, 4.69) is 6.58 Å². The van der Waals surface area contributed by atoms with E-state index < -0.39 is 28.5 Å². The number of fused-ring (bicyclic) bond motifs is 3. The van der Waals surface area contributed by atoms with Gasteiger partial charge in [-0.2, -0.15) is 0 Å². The number of benzene rings is 1. The number of aliphatic hydroxyl groups is 1. The molecule has 0 amide bonds. The average molecular weight is 342 g/mol. The molecular weight excluding hydrogens is 320 g/mol. The van der Waals surface area contributed by atoms with Crippen LogP contribution in [0.5, 0.6) is 5.75 Å². The van der Waals surface area contributed by atoms with Crippen LogP contribution in [0.4, 0.5) is 0 Å². The van der Waals surface area contributed by atoms with Gasteiger partial charge >= 0.3 is 5.63 Å². The lowest BCUT2D eigenvalue weighted by atomic mass is 9.69. The minimum Gasteiger partial charge on any atom is -0.458 e. The second kappa shape index (κ2) is 4.74. The second-order valence-electron chi connectivity index (χ2n) is 7.86. The Balaban J connectivity index is 2.04. The third-order valence-electron chi connectivity index (χ3n) is 5.52. The van der Waals surface area contributed by atoms with Crippen molar-refractivity contribution in [1.29, 1.82) is 0 Å². The zero-order chi connectivity index (χ0) is 18.2. The SMILES string of the molecule is C=C[C@@]1(C)C[C@@]2(Oc3c1c(=O)oc1cccc(C)c31)OC(C)(C)[C@H]2O. The maximum Gasteiger partial charge on any atom is 0.344 e. The molecule has 0 saturated carbocycles. The summed E-state index contributed by atoms with van der Waals surface area (Å²) in [6, 6.07) is 5.50. The minimum absolute atomic E-state index is 0.295. The number of hydrogen-bond donors (Lipinski definition) is 1. The first kappa shape index (κ1) is 16.4. The molecule has 1 N–H and O–H groups in total. The summed E-state index contributed by atoms with van der Waals surface area (Å²) in [4.78, 5) is 12.7. The van der Waals surface area contributed by atoms with E-state index in [1.165, 1.54) is 0 Å². The van der Waals surface area contributed by atoms with Crippen molar-refractivity contribution in [3.63, 3.8) is 0 Å². The number of ether oxygens (including phenoxy) is 2. The maximum atomic E-state index is 12.7. The lowest BCUT2D eigenvalue weighted by Gasteiger charge is -2.60. The molecule has 132 valence electrons. The maximum absolute atomic E-state index is 12.7. The van der Waals surface area contributed by atoms with Crippen molar-refractivity contribution in [3.05, 3.63) is 52.4 Å². The van der Waals surface area contributed by atoms with E-state index in [-0.39, 0.29) is 0 Å². The van der Waals surface area contributed by atoms with E-state index in [4.69, 9.17) is 13.9 Å². The summed E-state index contributed by atoms with van der Waals surface area (Å²) in [7, 11) is 0. The quantitative estimate of drug-likeness (QED) is 0.637. The van der Waals surface area contributed by atoms with Gasteiger partial charge in [0.05, 0.1) is 16.6 Å². The van der Waals surface area contributed by atoms with E-state index in [0.717, 1.165) is 10.9 Å². The van der Waals surface area contributed by atoms with E-state index in [0.29, 0.717) is 23.3 Å². The van der Waals surface area contributed by atoms with Crippen molar-refractivity contribution in [2.45, 2.75) is 57.0 Å². The highest BCUT2D eigenvalue weighted by Gasteiger charge is 2.66. The van der Waals surface area contributed by atoms with Crippen LogP contribution in [0.3, 0.4) is 0 Å². The number of allylic oxidation sites excluding steroid dienone is 1. The normalized spacial score (nSPS) is 32.8. The Bertz CT molecular complexity index is 956. The first-order valence-electron chi connectivity index (χ1n) is 8.41. The predicted octanol–water partition coefficient (Wildman–Crippen LogP) is 3.19. The summed E-state index contributed by atoms with van der Waals surface area (Å²) >= 11 is 0.